The van der Waals surface area contributed by atoms with Crippen LogP contribution < -0.4 is 4.74 Å². The number of ether oxygens (including phenoxy) is 1. The molecular weight excluding hydrogens is 291 g/mol. The number of rotatable bonds is 5. The van der Waals surface area contributed by atoms with Crippen molar-refractivity contribution in [3.05, 3.63) is 29.3 Å². The summed E-state index contributed by atoms with van der Waals surface area (Å²) in [6.45, 7) is -0.958. The highest BCUT2D eigenvalue weighted by molar-refractivity contribution is 5.96. The number of carboxylic acid groups (broad SMARTS) is 1. The molecule has 0 aromatic heterocycles. The molecular formula is C13H14F3NO4. The molecule has 1 aromatic carbocycles. The van der Waals surface area contributed by atoms with Gasteiger partial charge in [0, 0.05) is 5.56 Å². The molecule has 0 unspecified atom stereocenters. The summed E-state index contributed by atoms with van der Waals surface area (Å²) in [5.74, 6) is -2.21. The number of benzene rings is 1. The van der Waals surface area contributed by atoms with Crippen LogP contribution in [0.1, 0.15) is 15.9 Å². The monoisotopic (exact) mass is 305 g/mol. The van der Waals surface area contributed by atoms with Gasteiger partial charge in [0.25, 0.3) is 5.91 Å². The summed E-state index contributed by atoms with van der Waals surface area (Å²) in [5, 5.41) is 8.64. The maximum Gasteiger partial charge on any atom is 0.406 e. The van der Waals surface area contributed by atoms with Crippen LogP contribution in [0, 0.1) is 6.92 Å². The molecule has 0 aliphatic heterocycles. The fourth-order valence-corrected chi connectivity index (χ4v) is 1.71. The predicted molar refractivity (Wildman–Crippen MR) is 67.3 cm³/mol. The highest BCUT2D eigenvalue weighted by atomic mass is 19.4. The first-order chi connectivity index (χ1) is 9.64. The minimum absolute atomic E-state index is 0.0667. The fourth-order valence-electron chi connectivity index (χ4n) is 1.71. The Hall–Kier alpha value is -2.25. The maximum atomic E-state index is 12.4. The lowest BCUT2D eigenvalue weighted by Crippen LogP contribution is -2.42. The Bertz CT molecular complexity index is 543. The molecule has 0 atom stereocenters. The van der Waals surface area contributed by atoms with Gasteiger partial charge in [0.1, 0.15) is 18.8 Å². The Morgan fingerprint density at radius 2 is 1.95 bits per heavy atom. The lowest BCUT2D eigenvalue weighted by molar-refractivity contribution is -0.149. The van der Waals surface area contributed by atoms with E-state index in [1.807, 2.05) is 0 Å². The highest BCUT2D eigenvalue weighted by Crippen LogP contribution is 2.22. The van der Waals surface area contributed by atoms with E-state index >= 15 is 0 Å². The van der Waals surface area contributed by atoms with Gasteiger partial charge in [-0.05, 0) is 24.6 Å². The Balaban J connectivity index is 3.07. The highest BCUT2D eigenvalue weighted by Gasteiger charge is 2.34. The number of nitrogens with zero attached hydrogens (tertiary/aromatic N) is 1. The van der Waals surface area contributed by atoms with Gasteiger partial charge in [-0.15, -0.1) is 0 Å². The SMILES string of the molecule is COc1cc(C(=O)N(CC(=O)O)CC(F)(F)F)ccc1C. The van der Waals surface area contributed by atoms with Crippen LogP contribution in [-0.2, 0) is 4.79 Å². The number of carbonyl (C=O) groups excluding carboxylic acids is 1. The van der Waals surface area contributed by atoms with Gasteiger partial charge in [-0.3, -0.25) is 9.59 Å². The zero-order chi connectivity index (χ0) is 16.2. The van der Waals surface area contributed by atoms with E-state index in [0.717, 1.165) is 0 Å². The third kappa shape index (κ3) is 4.97. The Morgan fingerprint density at radius 1 is 1.33 bits per heavy atom. The smallest absolute Gasteiger partial charge is 0.406 e. The Labute approximate surface area is 118 Å². The van der Waals surface area contributed by atoms with Crippen molar-refractivity contribution in [3.63, 3.8) is 0 Å². The molecule has 0 bridgehead atoms. The van der Waals surface area contributed by atoms with E-state index in [-0.39, 0.29) is 10.5 Å². The summed E-state index contributed by atoms with van der Waals surface area (Å²) >= 11 is 0. The molecule has 1 amide bonds. The molecule has 0 saturated carbocycles. The van der Waals surface area contributed by atoms with Crippen LogP contribution in [0.3, 0.4) is 0 Å². The standard InChI is InChI=1S/C13H14F3NO4/c1-8-3-4-9(5-10(8)21-2)12(20)17(6-11(18)19)7-13(14,15)16/h3-5H,6-7H2,1-2H3,(H,18,19). The molecule has 0 aliphatic carbocycles. The van der Waals surface area contributed by atoms with Gasteiger partial charge >= 0.3 is 12.1 Å². The molecule has 116 valence electrons. The molecule has 5 nitrogen and oxygen atoms in total. The average molecular weight is 305 g/mol. The van der Waals surface area contributed by atoms with E-state index in [2.05, 4.69) is 0 Å². The van der Waals surface area contributed by atoms with Gasteiger partial charge in [0.15, 0.2) is 0 Å². The number of carbonyl (C=O) groups is 2. The lowest BCUT2D eigenvalue weighted by atomic mass is 10.1. The Morgan fingerprint density at radius 3 is 2.43 bits per heavy atom. The summed E-state index contributed by atoms with van der Waals surface area (Å²) in [5.41, 5.74) is 0.637. The van der Waals surface area contributed by atoms with Crippen LogP contribution in [0.5, 0.6) is 5.75 Å². The number of hydrogen-bond donors (Lipinski definition) is 1. The van der Waals surface area contributed by atoms with Gasteiger partial charge in [-0.25, -0.2) is 0 Å². The molecule has 0 aliphatic rings. The van der Waals surface area contributed by atoms with Gasteiger partial charge in [0.05, 0.1) is 7.11 Å². The summed E-state index contributed by atoms with van der Waals surface area (Å²) < 4.78 is 42.3. The van der Waals surface area contributed by atoms with Crippen LogP contribution in [0.15, 0.2) is 18.2 Å². The molecule has 1 N–H and O–H groups in total. The number of halogens is 3. The van der Waals surface area contributed by atoms with Crippen molar-refractivity contribution in [2.75, 3.05) is 20.2 Å². The van der Waals surface area contributed by atoms with Crippen molar-refractivity contribution >= 4 is 11.9 Å². The molecule has 1 aromatic rings. The van der Waals surface area contributed by atoms with Crippen molar-refractivity contribution in [2.45, 2.75) is 13.1 Å². The second-order valence-electron chi connectivity index (χ2n) is 4.35. The van der Waals surface area contributed by atoms with Crippen molar-refractivity contribution in [3.8, 4) is 5.75 Å². The normalized spacial score (nSPS) is 11.1. The van der Waals surface area contributed by atoms with Gasteiger partial charge < -0.3 is 14.7 Å². The molecule has 0 spiro atoms. The number of alkyl halides is 3. The van der Waals surface area contributed by atoms with Crippen LogP contribution in [-0.4, -0.2) is 48.3 Å². The van der Waals surface area contributed by atoms with Crippen molar-refractivity contribution in [1.29, 1.82) is 0 Å². The Kier molecular flexibility index (Phi) is 5.17. The molecule has 8 heteroatoms. The topological polar surface area (TPSA) is 66.8 Å². The van der Waals surface area contributed by atoms with Crippen LogP contribution in [0.4, 0.5) is 13.2 Å². The number of aryl methyl sites for hydroxylation is 1. The average Bonchev–Trinajstić information content (AvgIpc) is 2.35. The quantitative estimate of drug-likeness (QED) is 0.904. The number of carboxylic acids is 1. The number of hydrogen-bond acceptors (Lipinski definition) is 3. The number of amides is 1. The summed E-state index contributed by atoms with van der Waals surface area (Å²) in [4.78, 5) is 22.9. The first kappa shape index (κ1) is 16.8. The van der Waals surface area contributed by atoms with Crippen molar-refractivity contribution in [2.24, 2.45) is 0 Å². The minimum atomic E-state index is -4.68. The van der Waals surface area contributed by atoms with Crippen LogP contribution in [0.25, 0.3) is 0 Å². The van der Waals surface area contributed by atoms with Crippen LogP contribution >= 0.6 is 0 Å². The summed E-state index contributed by atoms with van der Waals surface area (Å²) in [7, 11) is 1.36. The van der Waals surface area contributed by atoms with Gasteiger partial charge in [0.2, 0.25) is 0 Å². The first-order valence-corrected chi connectivity index (χ1v) is 5.86. The van der Waals surface area contributed by atoms with E-state index in [1.54, 1.807) is 6.92 Å². The third-order valence-electron chi connectivity index (χ3n) is 2.64. The van der Waals surface area contributed by atoms with Gasteiger partial charge in [-0.1, -0.05) is 6.07 Å². The second kappa shape index (κ2) is 6.47. The van der Waals surface area contributed by atoms with Gasteiger partial charge in [-0.2, -0.15) is 13.2 Å². The fraction of sp³-hybridized carbons (Fsp3) is 0.385. The molecule has 0 saturated heterocycles. The zero-order valence-electron chi connectivity index (χ0n) is 11.4. The van der Waals surface area contributed by atoms with E-state index in [1.165, 1.54) is 25.3 Å². The summed E-state index contributed by atoms with van der Waals surface area (Å²) in [6, 6.07) is 4.12. The number of methoxy groups -OCH3 is 1. The number of aliphatic carboxylic acids is 1. The summed E-state index contributed by atoms with van der Waals surface area (Å²) in [6.07, 6.45) is -4.68. The largest absolute Gasteiger partial charge is 0.496 e. The van der Waals surface area contributed by atoms with E-state index in [9.17, 15) is 22.8 Å². The predicted octanol–water partition coefficient (Wildman–Crippen LogP) is 2.09. The van der Waals surface area contributed by atoms with E-state index in [4.69, 9.17) is 9.84 Å². The molecule has 0 radical (unpaired) electrons. The lowest BCUT2D eigenvalue weighted by Gasteiger charge is -2.22. The molecule has 0 heterocycles. The van der Waals surface area contributed by atoms with E-state index in [0.29, 0.717) is 11.3 Å². The van der Waals surface area contributed by atoms with Crippen molar-refractivity contribution < 1.29 is 32.6 Å². The minimum Gasteiger partial charge on any atom is -0.496 e. The first-order valence-electron chi connectivity index (χ1n) is 5.86. The van der Waals surface area contributed by atoms with E-state index < -0.39 is 31.1 Å². The third-order valence-corrected chi connectivity index (χ3v) is 2.64. The second-order valence-corrected chi connectivity index (χ2v) is 4.35. The molecule has 1 rings (SSSR count). The zero-order valence-corrected chi connectivity index (χ0v) is 11.4. The molecule has 21 heavy (non-hydrogen) atoms. The maximum absolute atomic E-state index is 12.4. The van der Waals surface area contributed by atoms with Crippen molar-refractivity contribution in [1.82, 2.24) is 4.90 Å². The van der Waals surface area contributed by atoms with Crippen LogP contribution in [0.2, 0.25) is 0 Å². The molecule has 0 fully saturated rings.